The van der Waals surface area contributed by atoms with Crippen LogP contribution in [0.1, 0.15) is 15.9 Å². The van der Waals surface area contributed by atoms with Crippen LogP contribution in [0, 0.1) is 0 Å². The largest absolute Gasteiger partial charge is 0.475 e. The Hall–Kier alpha value is -2.17. The molecule has 1 aromatic carbocycles. The van der Waals surface area contributed by atoms with Crippen molar-refractivity contribution >= 4 is 17.7 Å². The van der Waals surface area contributed by atoms with E-state index in [9.17, 15) is 14.4 Å². The van der Waals surface area contributed by atoms with Crippen molar-refractivity contribution < 1.29 is 24.2 Å². The topological polar surface area (TPSA) is 80.7 Å². The molecule has 0 atom stereocenters. The zero-order valence-electron chi connectivity index (χ0n) is 8.60. The second-order valence-corrected chi connectivity index (χ2v) is 3.05. The molecule has 1 aromatic rings. The number of ketones is 1. The molecule has 0 heterocycles. The number of methoxy groups -OCH3 is 1. The first-order valence-electron chi connectivity index (χ1n) is 4.48. The number of carboxylic acid groups (broad SMARTS) is 1. The normalized spacial score (nSPS) is 9.56. The fourth-order valence-electron chi connectivity index (χ4n) is 1.23. The third-order valence-corrected chi connectivity index (χ3v) is 2.01. The van der Waals surface area contributed by atoms with Crippen molar-refractivity contribution in [1.29, 1.82) is 0 Å². The Morgan fingerprint density at radius 1 is 1.25 bits per heavy atom. The van der Waals surface area contributed by atoms with Crippen LogP contribution in [0.25, 0.3) is 0 Å². The highest BCUT2D eigenvalue weighted by Crippen LogP contribution is 2.11. The third kappa shape index (κ3) is 2.66. The third-order valence-electron chi connectivity index (χ3n) is 2.01. The van der Waals surface area contributed by atoms with Gasteiger partial charge in [-0.3, -0.25) is 4.79 Å². The highest BCUT2D eigenvalue weighted by atomic mass is 16.5. The fraction of sp³-hybridized carbons (Fsp3) is 0.182. The van der Waals surface area contributed by atoms with Crippen LogP contribution in [0.5, 0.6) is 0 Å². The molecule has 1 N–H and O–H groups in total. The van der Waals surface area contributed by atoms with Gasteiger partial charge in [0.2, 0.25) is 5.78 Å². The van der Waals surface area contributed by atoms with Gasteiger partial charge < -0.3 is 9.84 Å². The molecule has 1 rings (SSSR count). The summed E-state index contributed by atoms with van der Waals surface area (Å²) in [6.45, 7) is 0. The predicted molar refractivity (Wildman–Crippen MR) is 54.1 cm³/mol. The number of esters is 1. The van der Waals surface area contributed by atoms with Crippen LogP contribution in [0.4, 0.5) is 0 Å². The van der Waals surface area contributed by atoms with Gasteiger partial charge in [-0.05, 0) is 11.6 Å². The Bertz CT molecular complexity index is 436. The number of ether oxygens (including phenoxy) is 1. The Labute approximate surface area is 91.6 Å². The number of rotatable bonds is 4. The quantitative estimate of drug-likeness (QED) is 0.598. The van der Waals surface area contributed by atoms with Crippen molar-refractivity contribution in [3.05, 3.63) is 35.4 Å². The van der Waals surface area contributed by atoms with Crippen molar-refractivity contribution in [2.45, 2.75) is 6.42 Å². The van der Waals surface area contributed by atoms with Gasteiger partial charge in [0.15, 0.2) is 0 Å². The first-order valence-corrected chi connectivity index (χ1v) is 4.48. The molecule has 5 heteroatoms. The monoisotopic (exact) mass is 222 g/mol. The Balaban J connectivity index is 3.00. The van der Waals surface area contributed by atoms with Crippen LogP contribution < -0.4 is 0 Å². The maximum atomic E-state index is 11.3. The summed E-state index contributed by atoms with van der Waals surface area (Å²) < 4.78 is 4.52. The van der Waals surface area contributed by atoms with Gasteiger partial charge in [-0.1, -0.05) is 18.2 Å². The number of hydrogen-bond donors (Lipinski definition) is 1. The van der Waals surface area contributed by atoms with Crippen LogP contribution in [-0.4, -0.2) is 29.9 Å². The summed E-state index contributed by atoms with van der Waals surface area (Å²) in [6, 6.07) is 6.24. The van der Waals surface area contributed by atoms with Gasteiger partial charge in [0.05, 0.1) is 12.7 Å². The van der Waals surface area contributed by atoms with E-state index in [2.05, 4.69) is 4.74 Å². The lowest BCUT2D eigenvalue weighted by Gasteiger charge is -2.05. The van der Waals surface area contributed by atoms with Crippen LogP contribution in [0.15, 0.2) is 24.3 Å². The number of carbonyl (C=O) groups excluding carboxylic acids is 2. The van der Waals surface area contributed by atoms with Gasteiger partial charge >= 0.3 is 11.9 Å². The van der Waals surface area contributed by atoms with Gasteiger partial charge in [-0.25, -0.2) is 9.59 Å². The molecule has 0 aliphatic rings. The molecular formula is C11H10O5. The zero-order valence-corrected chi connectivity index (χ0v) is 8.60. The Morgan fingerprint density at radius 2 is 1.88 bits per heavy atom. The van der Waals surface area contributed by atoms with Crippen molar-refractivity contribution in [2.75, 3.05) is 7.11 Å². The minimum atomic E-state index is -1.51. The van der Waals surface area contributed by atoms with Gasteiger partial charge in [0.25, 0.3) is 0 Å². The zero-order chi connectivity index (χ0) is 12.1. The summed E-state index contributed by atoms with van der Waals surface area (Å²) in [4.78, 5) is 32.7. The maximum absolute atomic E-state index is 11.3. The average molecular weight is 222 g/mol. The van der Waals surface area contributed by atoms with E-state index >= 15 is 0 Å². The van der Waals surface area contributed by atoms with Crippen molar-refractivity contribution in [3.8, 4) is 0 Å². The standard InChI is InChI=1S/C11H10O5/c1-16-11(15)8-5-3-2-4-7(8)6-9(12)10(13)14/h2-5H,6H2,1H3,(H,13,14). The lowest BCUT2D eigenvalue weighted by Crippen LogP contribution is -2.17. The number of carboxylic acids is 1. The van der Waals surface area contributed by atoms with E-state index in [1.165, 1.54) is 19.2 Å². The first kappa shape index (κ1) is 11.9. The van der Waals surface area contributed by atoms with E-state index in [-0.39, 0.29) is 12.0 Å². The second kappa shape index (κ2) is 5.06. The number of hydrogen-bond acceptors (Lipinski definition) is 4. The van der Waals surface area contributed by atoms with E-state index < -0.39 is 17.7 Å². The second-order valence-electron chi connectivity index (χ2n) is 3.05. The lowest BCUT2D eigenvalue weighted by atomic mass is 10.0. The SMILES string of the molecule is COC(=O)c1ccccc1CC(=O)C(=O)O. The molecule has 0 spiro atoms. The molecule has 5 nitrogen and oxygen atoms in total. The smallest absolute Gasteiger partial charge is 0.372 e. The van der Waals surface area contributed by atoms with Crippen LogP contribution in [-0.2, 0) is 20.7 Å². The molecule has 0 radical (unpaired) electrons. The summed E-state index contributed by atoms with van der Waals surface area (Å²) in [5.41, 5.74) is 0.557. The predicted octanol–water partition coefficient (Wildman–Crippen LogP) is 0.669. The van der Waals surface area contributed by atoms with E-state index in [0.717, 1.165) is 0 Å². The molecular weight excluding hydrogens is 212 g/mol. The summed E-state index contributed by atoms with van der Waals surface area (Å²) in [5.74, 6) is -3.06. The number of aliphatic carboxylic acids is 1. The van der Waals surface area contributed by atoms with Crippen molar-refractivity contribution in [1.82, 2.24) is 0 Å². The average Bonchev–Trinajstić information content (AvgIpc) is 2.28. The van der Waals surface area contributed by atoms with E-state index in [1.54, 1.807) is 12.1 Å². The number of benzene rings is 1. The molecule has 16 heavy (non-hydrogen) atoms. The molecule has 0 aliphatic carbocycles. The molecule has 0 aliphatic heterocycles. The molecule has 0 amide bonds. The highest BCUT2D eigenvalue weighted by Gasteiger charge is 2.17. The number of carbonyl (C=O) groups is 3. The summed E-state index contributed by atoms with van der Waals surface area (Å²) in [5, 5.41) is 8.46. The number of Topliss-reactive ketones (excluding diaryl/α,β-unsaturated/α-hetero) is 1. The van der Waals surface area contributed by atoms with Crippen LogP contribution in [0.3, 0.4) is 0 Å². The van der Waals surface area contributed by atoms with Crippen molar-refractivity contribution in [2.24, 2.45) is 0 Å². The van der Waals surface area contributed by atoms with Crippen LogP contribution in [0.2, 0.25) is 0 Å². The van der Waals surface area contributed by atoms with E-state index in [0.29, 0.717) is 5.56 Å². The molecule has 0 unspecified atom stereocenters. The molecule has 0 aromatic heterocycles. The van der Waals surface area contributed by atoms with Gasteiger partial charge in [-0.2, -0.15) is 0 Å². The molecule has 0 saturated carbocycles. The molecule has 0 saturated heterocycles. The van der Waals surface area contributed by atoms with Crippen LogP contribution >= 0.6 is 0 Å². The first-order chi connectivity index (χ1) is 7.56. The fourth-order valence-corrected chi connectivity index (χ4v) is 1.23. The molecule has 84 valence electrons. The highest BCUT2D eigenvalue weighted by molar-refractivity contribution is 6.33. The Morgan fingerprint density at radius 3 is 2.44 bits per heavy atom. The summed E-state index contributed by atoms with van der Waals surface area (Å²) in [7, 11) is 1.22. The minimum Gasteiger partial charge on any atom is -0.475 e. The molecule has 0 fully saturated rings. The van der Waals surface area contributed by atoms with Gasteiger partial charge in [-0.15, -0.1) is 0 Å². The maximum Gasteiger partial charge on any atom is 0.372 e. The lowest BCUT2D eigenvalue weighted by molar-refractivity contribution is -0.148. The summed E-state index contributed by atoms with van der Waals surface area (Å²) >= 11 is 0. The minimum absolute atomic E-state index is 0.208. The van der Waals surface area contributed by atoms with Gasteiger partial charge in [0, 0.05) is 6.42 Å². The van der Waals surface area contributed by atoms with Crippen molar-refractivity contribution in [3.63, 3.8) is 0 Å². The van der Waals surface area contributed by atoms with E-state index in [1.807, 2.05) is 0 Å². The Kier molecular flexibility index (Phi) is 3.77. The summed E-state index contributed by atoms with van der Waals surface area (Å²) in [6.07, 6.45) is -0.319. The van der Waals surface area contributed by atoms with Gasteiger partial charge in [0.1, 0.15) is 0 Å². The molecule has 0 bridgehead atoms. The van der Waals surface area contributed by atoms with E-state index in [4.69, 9.17) is 5.11 Å².